The van der Waals surface area contributed by atoms with Crippen LogP contribution in [0.3, 0.4) is 0 Å². The number of carbonyl (C=O) groups is 3. The first-order valence-electron chi connectivity index (χ1n) is 7.62. The summed E-state index contributed by atoms with van der Waals surface area (Å²) in [5.41, 5.74) is -4.09. The van der Waals surface area contributed by atoms with Crippen molar-refractivity contribution in [3.8, 4) is 23.0 Å². The van der Waals surface area contributed by atoms with Gasteiger partial charge in [0.2, 0.25) is 11.5 Å². The van der Waals surface area contributed by atoms with Crippen LogP contribution in [-0.4, -0.2) is 53.3 Å². The molecule has 0 saturated heterocycles. The van der Waals surface area contributed by atoms with E-state index < -0.39 is 84.6 Å². The maximum Gasteiger partial charge on any atom is 0.336 e. The van der Waals surface area contributed by atoms with Crippen molar-refractivity contribution in [2.24, 2.45) is 0 Å². The molecule has 3 rings (SSSR count). The van der Waals surface area contributed by atoms with E-state index in [1.807, 2.05) is 0 Å². The Labute approximate surface area is 158 Å². The minimum absolute atomic E-state index is 0.464. The zero-order chi connectivity index (χ0) is 21.8. The number of Topliss-reactive ketones (excluding diaryl/α,β-unsaturated/α-hetero) is 2. The topological polar surface area (TPSA) is 210 Å². The monoisotopic (exact) mass is 402 g/mol. The van der Waals surface area contributed by atoms with E-state index in [4.69, 9.17) is 0 Å². The first-order valence-corrected chi connectivity index (χ1v) is 7.62. The Balaban J connectivity index is 2.78. The maximum absolute atomic E-state index is 12.3. The average molecular weight is 402 g/mol. The van der Waals surface area contributed by atoms with Crippen LogP contribution in [0.25, 0.3) is 11.5 Å². The van der Waals surface area contributed by atoms with Gasteiger partial charge in [-0.15, -0.1) is 0 Å². The van der Waals surface area contributed by atoms with E-state index >= 15 is 0 Å². The van der Waals surface area contributed by atoms with Crippen LogP contribution >= 0.6 is 0 Å². The predicted octanol–water partition coefficient (Wildman–Crippen LogP) is -1.29. The van der Waals surface area contributed by atoms with Gasteiger partial charge in [0.15, 0.2) is 22.7 Å². The molecule has 0 radical (unpaired) electrons. The van der Waals surface area contributed by atoms with E-state index in [1.165, 1.54) is 0 Å². The fraction of sp³-hybridized carbons (Fsp3) is 0. The number of carboxylic acids is 1. The van der Waals surface area contributed by atoms with Crippen LogP contribution < -0.4 is 15.9 Å². The fourth-order valence-corrected chi connectivity index (χ4v) is 2.91. The Morgan fingerprint density at radius 2 is 1.41 bits per heavy atom. The number of phenolic OH excluding ortho intramolecular Hbond substituents is 3. The fourth-order valence-electron chi connectivity index (χ4n) is 2.91. The van der Waals surface area contributed by atoms with Gasteiger partial charge in [-0.05, 0) is 18.2 Å². The third-order valence-electron chi connectivity index (χ3n) is 4.24. The number of ketones is 2. The molecule has 11 nitrogen and oxygen atoms in total. The molecule has 2 aromatic carbocycles. The largest absolute Gasteiger partial charge is 0.507 e. The summed E-state index contributed by atoms with van der Waals surface area (Å²) in [6, 6.07) is 1.86. The number of aliphatic hydroxyl groups is 2. The zero-order valence-electron chi connectivity index (χ0n) is 14.0. The molecule has 0 heterocycles. The lowest BCUT2D eigenvalue weighted by Gasteiger charge is -2.13. The van der Waals surface area contributed by atoms with Crippen LogP contribution in [-0.2, 0) is 4.79 Å². The number of phenols is 3. The van der Waals surface area contributed by atoms with Gasteiger partial charge in [-0.3, -0.25) is 14.4 Å². The van der Waals surface area contributed by atoms with Crippen LogP contribution in [0.5, 0.6) is 23.0 Å². The van der Waals surface area contributed by atoms with Crippen LogP contribution in [0, 0.1) is 0 Å². The molecule has 2 aromatic rings. The minimum Gasteiger partial charge on any atom is -0.507 e. The molecule has 1 aliphatic carbocycles. The molecule has 0 unspecified atom stereocenters. The first kappa shape index (κ1) is 19.2. The number of carboxylic acid groups (broad SMARTS) is 1. The molecule has 2 bridgehead atoms. The van der Waals surface area contributed by atoms with Gasteiger partial charge in [0.25, 0.3) is 5.78 Å². The second kappa shape index (κ2) is 6.27. The third-order valence-corrected chi connectivity index (χ3v) is 4.24. The van der Waals surface area contributed by atoms with Crippen molar-refractivity contribution in [2.75, 3.05) is 0 Å². The second-order valence-electron chi connectivity index (χ2n) is 5.88. The molecule has 0 saturated carbocycles. The second-order valence-corrected chi connectivity index (χ2v) is 5.88. The van der Waals surface area contributed by atoms with Crippen molar-refractivity contribution in [1.82, 2.24) is 0 Å². The van der Waals surface area contributed by atoms with Crippen LogP contribution in [0.15, 0.2) is 23.0 Å². The normalized spacial score (nSPS) is 14.0. The van der Waals surface area contributed by atoms with E-state index in [1.54, 1.807) is 0 Å². The summed E-state index contributed by atoms with van der Waals surface area (Å²) in [6.45, 7) is 0. The molecule has 0 atom stereocenters. The van der Waals surface area contributed by atoms with Crippen molar-refractivity contribution >= 4 is 29.1 Å². The summed E-state index contributed by atoms with van der Waals surface area (Å²) in [7, 11) is 0. The lowest BCUT2D eigenvalue weighted by molar-refractivity contribution is -0.111. The van der Waals surface area contributed by atoms with Gasteiger partial charge in [-0.25, -0.2) is 4.79 Å². The van der Waals surface area contributed by atoms with E-state index in [9.17, 15) is 54.9 Å². The highest BCUT2D eigenvalue weighted by molar-refractivity contribution is 6.56. The van der Waals surface area contributed by atoms with Crippen molar-refractivity contribution in [3.63, 3.8) is 0 Å². The third kappa shape index (κ3) is 2.60. The van der Waals surface area contributed by atoms with Crippen molar-refractivity contribution in [1.29, 1.82) is 0 Å². The number of aromatic carboxylic acids is 1. The predicted molar refractivity (Wildman–Crippen MR) is 92.5 cm³/mol. The highest BCUT2D eigenvalue weighted by Gasteiger charge is 2.33. The molecular weight excluding hydrogens is 392 g/mol. The molecular formula is C18H10O11. The molecule has 148 valence electrons. The average Bonchev–Trinajstić information content (AvgIpc) is 2.77. The molecule has 11 heteroatoms. The highest BCUT2D eigenvalue weighted by atomic mass is 16.4. The van der Waals surface area contributed by atoms with E-state index in [2.05, 4.69) is 0 Å². The standard InChI is InChI=1S/C18H10O11/c19-5-1-2-6(20)10-11(9(5)15(25)17(27)16(10)26)13(23)8-4(18(28)29)3-7(21)12(22)14(8)24/h1-3,19,21-24,26H,(H,28,29)/b13-11-. The van der Waals surface area contributed by atoms with Gasteiger partial charge in [-0.1, -0.05) is 0 Å². The maximum atomic E-state index is 12.3. The number of carbonyl (C=O) groups excluding carboxylic acids is 2. The Kier molecular flexibility index (Phi) is 4.15. The van der Waals surface area contributed by atoms with Gasteiger partial charge in [0.05, 0.1) is 21.9 Å². The Morgan fingerprint density at radius 1 is 0.793 bits per heavy atom. The summed E-state index contributed by atoms with van der Waals surface area (Å²) < 4.78 is 0. The summed E-state index contributed by atoms with van der Waals surface area (Å²) in [5.74, 6) is -12.2. The van der Waals surface area contributed by atoms with E-state index in [0.29, 0.717) is 18.2 Å². The van der Waals surface area contributed by atoms with Crippen molar-refractivity contribution in [2.45, 2.75) is 0 Å². The summed E-state index contributed by atoms with van der Waals surface area (Å²) >= 11 is 0. The van der Waals surface area contributed by atoms with Crippen LogP contribution in [0.1, 0.15) is 26.3 Å². The van der Waals surface area contributed by atoms with E-state index in [0.717, 1.165) is 0 Å². The number of hydrogen-bond donors (Lipinski definition) is 7. The molecule has 29 heavy (non-hydrogen) atoms. The molecule has 0 fully saturated rings. The van der Waals surface area contributed by atoms with Gasteiger partial charge in [0, 0.05) is 5.22 Å². The molecule has 1 aliphatic rings. The van der Waals surface area contributed by atoms with Gasteiger partial charge < -0.3 is 35.7 Å². The zero-order valence-corrected chi connectivity index (χ0v) is 14.0. The van der Waals surface area contributed by atoms with Gasteiger partial charge in [-0.2, -0.15) is 0 Å². The quantitative estimate of drug-likeness (QED) is 0.232. The summed E-state index contributed by atoms with van der Waals surface area (Å²) in [5, 5.41) is 67.5. The molecule has 7 N–H and O–H groups in total. The van der Waals surface area contributed by atoms with Crippen LogP contribution in [0.4, 0.5) is 0 Å². The number of hydrogen-bond acceptors (Lipinski definition) is 10. The smallest absolute Gasteiger partial charge is 0.336 e. The van der Waals surface area contributed by atoms with Crippen LogP contribution in [0.2, 0.25) is 0 Å². The molecule has 0 aliphatic heterocycles. The lowest BCUT2D eigenvalue weighted by Crippen LogP contribution is -2.49. The van der Waals surface area contributed by atoms with Gasteiger partial charge in [0.1, 0.15) is 11.5 Å². The minimum atomic E-state index is -1.81. The van der Waals surface area contributed by atoms with Crippen molar-refractivity contribution in [3.05, 3.63) is 55.6 Å². The number of rotatable bonds is 2. The Bertz CT molecular complexity index is 1340. The number of aliphatic hydroxyl groups excluding tert-OH is 2. The summed E-state index contributed by atoms with van der Waals surface area (Å²) in [4.78, 5) is 48.0. The van der Waals surface area contributed by atoms with Crippen molar-refractivity contribution < 1.29 is 50.1 Å². The number of aromatic hydroxyl groups is 4. The number of fused-ring (bicyclic) bond motifs is 2. The first-order chi connectivity index (χ1) is 13.5. The summed E-state index contributed by atoms with van der Waals surface area (Å²) in [6.07, 6.45) is 0. The van der Waals surface area contributed by atoms with E-state index in [-0.39, 0.29) is 0 Å². The SMILES string of the molecule is O=C1C(=O)c2c(O)ccc(=O)c(/c2=C(\O)c2c(C(=O)O)cc(O)c(O)c2O)=C1O. The Hall–Kier alpha value is -4.54. The molecule has 0 aromatic heterocycles. The lowest BCUT2D eigenvalue weighted by atomic mass is 9.93. The molecule has 0 spiro atoms. The highest BCUT2D eigenvalue weighted by Crippen LogP contribution is 2.41. The number of benzene rings is 1. The molecule has 0 amide bonds. The van der Waals surface area contributed by atoms with Gasteiger partial charge >= 0.3 is 5.97 Å². The Morgan fingerprint density at radius 3 is 2.00 bits per heavy atom.